The van der Waals surface area contributed by atoms with Gasteiger partial charge in [-0.05, 0) is 25.5 Å². The number of para-hydroxylation sites is 1. The second-order valence-electron chi connectivity index (χ2n) is 4.96. The van der Waals surface area contributed by atoms with Crippen molar-refractivity contribution in [3.63, 3.8) is 0 Å². The molecule has 2 aromatic rings. The van der Waals surface area contributed by atoms with E-state index in [1.54, 1.807) is 16.5 Å². The number of aromatic amines is 1. The van der Waals surface area contributed by atoms with Gasteiger partial charge in [-0.1, -0.05) is 36.9 Å². The fourth-order valence-electron chi connectivity index (χ4n) is 2.07. The average molecular weight is 320 g/mol. The van der Waals surface area contributed by atoms with E-state index in [1.807, 2.05) is 44.2 Å². The Morgan fingerprint density at radius 1 is 1.41 bits per heavy atom. The van der Waals surface area contributed by atoms with Gasteiger partial charge in [0.1, 0.15) is 0 Å². The number of nitrogens with zero attached hydrogens (tertiary/aromatic N) is 3. The number of benzene rings is 1. The lowest BCUT2D eigenvalue weighted by Crippen LogP contribution is -2.33. The molecule has 6 nitrogen and oxygen atoms in total. The van der Waals surface area contributed by atoms with Crippen LogP contribution in [0.2, 0.25) is 0 Å². The third-order valence-corrected chi connectivity index (χ3v) is 4.35. The van der Waals surface area contributed by atoms with E-state index in [4.69, 9.17) is 0 Å². The topological polar surface area (TPSA) is 71.0 Å². The zero-order valence-corrected chi connectivity index (χ0v) is 13.8. The number of amides is 1. The van der Waals surface area contributed by atoms with E-state index in [1.165, 1.54) is 11.8 Å². The van der Waals surface area contributed by atoms with Crippen molar-refractivity contribution in [2.45, 2.75) is 37.2 Å². The molecule has 1 amide bonds. The molecule has 0 saturated carbocycles. The fraction of sp³-hybridized carbons (Fsp3) is 0.400. The number of anilines is 1. The van der Waals surface area contributed by atoms with Crippen molar-refractivity contribution in [3.05, 3.63) is 40.8 Å². The molecular formula is C15H20N4O2S. The van der Waals surface area contributed by atoms with Crippen LogP contribution < -0.4 is 10.6 Å². The van der Waals surface area contributed by atoms with Gasteiger partial charge in [-0.2, -0.15) is 0 Å². The summed E-state index contributed by atoms with van der Waals surface area (Å²) in [6.07, 6.45) is 0.833. The zero-order valence-electron chi connectivity index (χ0n) is 12.9. The molecule has 0 bridgehead atoms. The smallest absolute Gasteiger partial charge is 0.315 e. The highest BCUT2D eigenvalue weighted by Gasteiger charge is 2.22. The van der Waals surface area contributed by atoms with E-state index >= 15 is 0 Å². The van der Waals surface area contributed by atoms with Crippen molar-refractivity contribution in [2.24, 2.45) is 0 Å². The first kappa shape index (κ1) is 16.4. The molecule has 2 rings (SSSR count). The maximum Gasteiger partial charge on any atom is 0.343 e. The Balaban J connectivity index is 2.10. The number of carbonyl (C=O) groups is 1. The lowest BCUT2D eigenvalue weighted by Gasteiger charge is -2.21. The Hall–Kier alpha value is -2.02. The molecule has 1 aromatic heterocycles. The predicted octanol–water partition coefficient (Wildman–Crippen LogP) is 2.12. The lowest BCUT2D eigenvalue weighted by atomic mass is 10.3. The molecule has 22 heavy (non-hydrogen) atoms. The van der Waals surface area contributed by atoms with Gasteiger partial charge in [0, 0.05) is 19.3 Å². The summed E-state index contributed by atoms with van der Waals surface area (Å²) in [7, 11) is 1.75. The molecule has 1 heterocycles. The van der Waals surface area contributed by atoms with Gasteiger partial charge in [0.2, 0.25) is 5.91 Å². The Morgan fingerprint density at radius 3 is 2.73 bits per heavy atom. The van der Waals surface area contributed by atoms with Crippen LogP contribution in [0, 0.1) is 0 Å². The van der Waals surface area contributed by atoms with Crippen LogP contribution in [0.25, 0.3) is 0 Å². The van der Waals surface area contributed by atoms with Crippen LogP contribution in [-0.4, -0.2) is 33.0 Å². The first-order valence-electron chi connectivity index (χ1n) is 7.19. The van der Waals surface area contributed by atoms with E-state index in [-0.39, 0.29) is 16.8 Å². The van der Waals surface area contributed by atoms with Crippen molar-refractivity contribution in [3.8, 4) is 0 Å². The summed E-state index contributed by atoms with van der Waals surface area (Å²) >= 11 is 1.29. The second-order valence-corrected chi connectivity index (χ2v) is 6.26. The minimum absolute atomic E-state index is 0.0327. The van der Waals surface area contributed by atoms with Crippen LogP contribution in [0.15, 0.2) is 40.3 Å². The van der Waals surface area contributed by atoms with Crippen molar-refractivity contribution >= 4 is 23.4 Å². The molecule has 0 aliphatic carbocycles. The molecule has 0 saturated heterocycles. The maximum atomic E-state index is 12.5. The van der Waals surface area contributed by atoms with Gasteiger partial charge in [-0.25, -0.2) is 9.89 Å². The van der Waals surface area contributed by atoms with Gasteiger partial charge in [-0.15, -0.1) is 5.10 Å². The molecule has 1 N–H and O–H groups in total. The minimum atomic E-state index is -0.337. The number of carbonyl (C=O) groups excluding carboxylic acids is 1. The van der Waals surface area contributed by atoms with Gasteiger partial charge >= 0.3 is 5.69 Å². The summed E-state index contributed by atoms with van der Waals surface area (Å²) in [4.78, 5) is 25.8. The first-order valence-corrected chi connectivity index (χ1v) is 8.07. The summed E-state index contributed by atoms with van der Waals surface area (Å²) in [5.74, 6) is -0.0327. The van der Waals surface area contributed by atoms with Crippen LogP contribution in [-0.2, 0) is 11.3 Å². The number of nitrogens with one attached hydrogen (secondary N) is 1. The Bertz CT molecular complexity index is 680. The monoisotopic (exact) mass is 320 g/mol. The van der Waals surface area contributed by atoms with Crippen molar-refractivity contribution in [1.29, 1.82) is 0 Å². The van der Waals surface area contributed by atoms with Gasteiger partial charge in [0.25, 0.3) is 0 Å². The zero-order chi connectivity index (χ0) is 16.1. The third kappa shape index (κ3) is 3.59. The molecule has 0 spiro atoms. The lowest BCUT2D eigenvalue weighted by molar-refractivity contribution is -0.117. The van der Waals surface area contributed by atoms with Crippen molar-refractivity contribution in [2.75, 3.05) is 11.9 Å². The van der Waals surface area contributed by atoms with E-state index < -0.39 is 0 Å². The second kappa shape index (κ2) is 7.31. The highest BCUT2D eigenvalue weighted by Crippen LogP contribution is 2.23. The summed E-state index contributed by atoms with van der Waals surface area (Å²) in [6.45, 7) is 4.40. The molecule has 0 aliphatic heterocycles. The largest absolute Gasteiger partial charge is 0.343 e. The third-order valence-electron chi connectivity index (χ3n) is 3.27. The Morgan fingerprint density at radius 2 is 2.09 bits per heavy atom. The highest BCUT2D eigenvalue weighted by molar-refractivity contribution is 8.00. The minimum Gasteiger partial charge on any atom is -0.315 e. The van der Waals surface area contributed by atoms with Gasteiger partial charge in [-0.3, -0.25) is 9.36 Å². The molecule has 1 atom stereocenters. The van der Waals surface area contributed by atoms with Gasteiger partial charge in [0.15, 0.2) is 5.16 Å². The molecule has 0 unspecified atom stereocenters. The standard InChI is InChI=1S/C15H20N4O2S/c1-4-10-19-14(21)16-17-15(19)22-11(2)13(20)18(3)12-8-6-5-7-9-12/h5-9,11H,4,10H2,1-3H3,(H,16,21)/t11-/m1/s1. The number of rotatable bonds is 6. The maximum absolute atomic E-state index is 12.5. The van der Waals surface area contributed by atoms with Crippen LogP contribution in [0.4, 0.5) is 5.69 Å². The Labute approximate surface area is 133 Å². The SMILES string of the molecule is CCCn1c(S[C@H](C)C(=O)N(C)c2ccccc2)n[nH]c1=O. The summed E-state index contributed by atoms with van der Waals surface area (Å²) in [6, 6.07) is 9.47. The fourth-order valence-corrected chi connectivity index (χ4v) is 3.05. The van der Waals surface area contributed by atoms with Crippen molar-refractivity contribution in [1.82, 2.24) is 14.8 Å². The van der Waals surface area contributed by atoms with E-state index in [0.29, 0.717) is 11.7 Å². The molecule has 0 aliphatic rings. The Kier molecular flexibility index (Phi) is 5.43. The first-order chi connectivity index (χ1) is 10.5. The number of hydrogen-bond donors (Lipinski definition) is 1. The number of hydrogen-bond acceptors (Lipinski definition) is 4. The highest BCUT2D eigenvalue weighted by atomic mass is 32.2. The van der Waals surface area contributed by atoms with Crippen LogP contribution in [0.5, 0.6) is 0 Å². The van der Waals surface area contributed by atoms with E-state index in [0.717, 1.165) is 12.1 Å². The average Bonchev–Trinajstić information content (AvgIpc) is 2.88. The normalized spacial score (nSPS) is 12.1. The predicted molar refractivity (Wildman–Crippen MR) is 88.3 cm³/mol. The van der Waals surface area contributed by atoms with Crippen LogP contribution in [0.1, 0.15) is 20.3 Å². The van der Waals surface area contributed by atoms with E-state index in [2.05, 4.69) is 10.2 Å². The number of H-pyrrole nitrogens is 1. The number of thioether (sulfide) groups is 1. The van der Waals surface area contributed by atoms with E-state index in [9.17, 15) is 9.59 Å². The summed E-state index contributed by atoms with van der Waals surface area (Å²) in [5.41, 5.74) is 0.605. The quantitative estimate of drug-likeness (QED) is 0.828. The molecule has 1 aromatic carbocycles. The van der Waals surface area contributed by atoms with Crippen molar-refractivity contribution < 1.29 is 4.79 Å². The molecule has 7 heteroatoms. The molecule has 0 radical (unpaired) electrons. The number of aromatic nitrogens is 3. The molecular weight excluding hydrogens is 300 g/mol. The molecule has 0 fully saturated rings. The summed E-state index contributed by atoms with van der Waals surface area (Å²) in [5, 5.41) is 6.66. The van der Waals surface area contributed by atoms with Gasteiger partial charge in [0.05, 0.1) is 5.25 Å². The molecule has 118 valence electrons. The van der Waals surface area contributed by atoms with Crippen LogP contribution in [0.3, 0.4) is 0 Å². The summed E-state index contributed by atoms with van der Waals surface area (Å²) < 4.78 is 1.57. The van der Waals surface area contributed by atoms with Gasteiger partial charge < -0.3 is 4.90 Å². The van der Waals surface area contributed by atoms with Crippen LogP contribution >= 0.6 is 11.8 Å².